The summed E-state index contributed by atoms with van der Waals surface area (Å²) in [5.41, 5.74) is 8.37. The lowest BCUT2D eigenvalue weighted by atomic mass is 9.95. The summed E-state index contributed by atoms with van der Waals surface area (Å²) in [7, 11) is 0. The molecule has 126 valence electrons. The second-order valence-corrected chi connectivity index (χ2v) is 6.86. The largest absolute Gasteiger partial charge is 0.358 e. The van der Waals surface area contributed by atoms with Crippen molar-refractivity contribution in [2.24, 2.45) is 0 Å². The molecule has 0 atom stereocenters. The molecule has 2 N–H and O–H groups in total. The molecule has 0 radical (unpaired) electrons. The van der Waals surface area contributed by atoms with Crippen LogP contribution < -0.4 is 5.32 Å². The van der Waals surface area contributed by atoms with Gasteiger partial charge in [0, 0.05) is 29.7 Å². The molecule has 2 heterocycles. The van der Waals surface area contributed by atoms with Crippen molar-refractivity contribution in [3.8, 4) is 0 Å². The van der Waals surface area contributed by atoms with Crippen molar-refractivity contribution in [2.75, 3.05) is 0 Å². The lowest BCUT2D eigenvalue weighted by Crippen LogP contribution is -2.12. The summed E-state index contributed by atoms with van der Waals surface area (Å²) in [5.74, 6) is 0. The monoisotopic (exact) mass is 332 g/mol. The van der Waals surface area contributed by atoms with Gasteiger partial charge in [-0.15, -0.1) is 0 Å². The maximum Gasteiger partial charge on any atom is 0.135 e. The normalized spacial score (nSPS) is 14.2. The molecule has 0 unspecified atom stereocenters. The van der Waals surface area contributed by atoms with Crippen LogP contribution in [-0.4, -0.2) is 15.3 Å². The quantitative estimate of drug-likeness (QED) is 0.595. The molecule has 2 aromatic carbocycles. The maximum absolute atomic E-state index is 4.75. The van der Waals surface area contributed by atoms with E-state index in [0.29, 0.717) is 0 Å². The number of fused-ring (bicyclic) bond motifs is 4. The van der Waals surface area contributed by atoms with Crippen molar-refractivity contribution in [3.05, 3.63) is 58.8 Å². The molecule has 0 aliphatic heterocycles. The van der Waals surface area contributed by atoms with Crippen LogP contribution in [0.2, 0.25) is 0 Å². The molecule has 5 nitrogen and oxygen atoms in total. The highest BCUT2D eigenvalue weighted by atomic mass is 16.6. The van der Waals surface area contributed by atoms with E-state index < -0.39 is 0 Å². The van der Waals surface area contributed by atoms with E-state index in [4.69, 9.17) is 4.63 Å². The van der Waals surface area contributed by atoms with E-state index >= 15 is 0 Å². The molecular weight excluding hydrogens is 312 g/mol. The van der Waals surface area contributed by atoms with Gasteiger partial charge in [-0.3, -0.25) is 0 Å². The summed E-state index contributed by atoms with van der Waals surface area (Å²) >= 11 is 0. The zero-order valence-corrected chi connectivity index (χ0v) is 14.0. The Labute approximate surface area is 145 Å². The molecule has 5 heteroatoms. The third kappa shape index (κ3) is 2.70. The molecule has 2 aromatic heterocycles. The van der Waals surface area contributed by atoms with Crippen LogP contribution in [0, 0.1) is 0 Å². The van der Waals surface area contributed by atoms with Gasteiger partial charge in [0.2, 0.25) is 0 Å². The summed E-state index contributed by atoms with van der Waals surface area (Å²) in [6.07, 6.45) is 5.01. The van der Waals surface area contributed by atoms with Crippen molar-refractivity contribution in [1.29, 1.82) is 0 Å². The van der Waals surface area contributed by atoms with Crippen LogP contribution in [0.25, 0.3) is 21.9 Å². The van der Waals surface area contributed by atoms with Gasteiger partial charge in [0.15, 0.2) is 0 Å². The van der Waals surface area contributed by atoms with Crippen LogP contribution in [-0.2, 0) is 25.9 Å². The van der Waals surface area contributed by atoms with Gasteiger partial charge in [0.05, 0.1) is 0 Å². The van der Waals surface area contributed by atoms with Crippen LogP contribution >= 0.6 is 0 Å². The fourth-order valence-corrected chi connectivity index (χ4v) is 3.85. The number of rotatable bonds is 4. The van der Waals surface area contributed by atoms with Gasteiger partial charge in [0.25, 0.3) is 0 Å². The predicted molar refractivity (Wildman–Crippen MR) is 97.3 cm³/mol. The highest BCUT2D eigenvalue weighted by Gasteiger charge is 2.15. The number of hydrogen-bond donors (Lipinski definition) is 2. The van der Waals surface area contributed by atoms with Crippen LogP contribution in [0.15, 0.2) is 41.0 Å². The minimum Gasteiger partial charge on any atom is -0.358 e. The first-order valence-corrected chi connectivity index (χ1v) is 8.91. The van der Waals surface area contributed by atoms with Gasteiger partial charge in [0.1, 0.15) is 11.0 Å². The summed E-state index contributed by atoms with van der Waals surface area (Å²) < 4.78 is 4.75. The minimum atomic E-state index is 0.798. The maximum atomic E-state index is 4.75. The standard InChI is InChI=1S/C20H20N4O/c1-2-4-17-15(3-1)16-9-13(5-7-18(16)22-17)11-21-12-14-6-8-19-20(10-14)24-25-23-19/h5-10,21-22H,1-4,11-12H2. The third-order valence-corrected chi connectivity index (χ3v) is 5.14. The molecule has 1 aliphatic carbocycles. The van der Waals surface area contributed by atoms with Crippen molar-refractivity contribution in [2.45, 2.75) is 38.8 Å². The lowest BCUT2D eigenvalue weighted by Gasteiger charge is -2.10. The molecule has 0 saturated carbocycles. The number of aromatic amines is 1. The van der Waals surface area contributed by atoms with Gasteiger partial charge in [-0.05, 0) is 77.0 Å². The Bertz CT molecular complexity index is 1050. The van der Waals surface area contributed by atoms with E-state index in [2.05, 4.69) is 44.9 Å². The van der Waals surface area contributed by atoms with Crippen LogP contribution in [0.3, 0.4) is 0 Å². The Hall–Kier alpha value is -2.66. The number of benzene rings is 2. The highest BCUT2D eigenvalue weighted by molar-refractivity contribution is 5.85. The second kappa shape index (κ2) is 6.01. The van der Waals surface area contributed by atoms with E-state index in [-0.39, 0.29) is 0 Å². The summed E-state index contributed by atoms with van der Waals surface area (Å²) in [4.78, 5) is 3.60. The molecule has 0 saturated heterocycles. The van der Waals surface area contributed by atoms with E-state index in [1.165, 1.54) is 59.0 Å². The Morgan fingerprint density at radius 2 is 1.72 bits per heavy atom. The van der Waals surface area contributed by atoms with E-state index in [9.17, 15) is 0 Å². The zero-order chi connectivity index (χ0) is 16.6. The smallest absolute Gasteiger partial charge is 0.135 e. The van der Waals surface area contributed by atoms with Crippen molar-refractivity contribution in [1.82, 2.24) is 20.6 Å². The topological polar surface area (TPSA) is 66.7 Å². The Morgan fingerprint density at radius 1 is 0.920 bits per heavy atom. The number of nitrogens with one attached hydrogen (secondary N) is 2. The zero-order valence-electron chi connectivity index (χ0n) is 14.0. The number of nitrogens with zero attached hydrogens (tertiary/aromatic N) is 2. The van der Waals surface area contributed by atoms with E-state index in [1.807, 2.05) is 12.1 Å². The van der Waals surface area contributed by atoms with Crippen LogP contribution in [0.4, 0.5) is 0 Å². The lowest BCUT2D eigenvalue weighted by molar-refractivity contribution is 0.315. The molecule has 0 spiro atoms. The average Bonchev–Trinajstić information content (AvgIpc) is 3.25. The summed E-state index contributed by atoms with van der Waals surface area (Å²) in [6, 6.07) is 12.8. The van der Waals surface area contributed by atoms with E-state index in [0.717, 1.165) is 24.1 Å². The number of aromatic nitrogens is 3. The summed E-state index contributed by atoms with van der Waals surface area (Å²) in [5, 5.41) is 12.7. The molecule has 4 aromatic rings. The van der Waals surface area contributed by atoms with Gasteiger partial charge in [-0.2, -0.15) is 0 Å². The first kappa shape index (κ1) is 14.7. The molecule has 0 fully saturated rings. The average molecular weight is 332 g/mol. The van der Waals surface area contributed by atoms with Crippen LogP contribution in [0.5, 0.6) is 0 Å². The summed E-state index contributed by atoms with van der Waals surface area (Å²) in [6.45, 7) is 1.65. The molecule has 5 rings (SSSR count). The number of H-pyrrole nitrogens is 1. The Morgan fingerprint density at radius 3 is 2.68 bits per heavy atom. The number of hydrogen-bond acceptors (Lipinski definition) is 4. The molecule has 1 aliphatic rings. The van der Waals surface area contributed by atoms with Gasteiger partial charge in [-0.25, -0.2) is 4.63 Å². The molecular formula is C20H20N4O. The van der Waals surface area contributed by atoms with Crippen molar-refractivity contribution < 1.29 is 4.63 Å². The second-order valence-electron chi connectivity index (χ2n) is 6.86. The predicted octanol–water partition coefficient (Wildman–Crippen LogP) is 3.87. The SMILES string of the molecule is c1cc2nonc2cc1CNCc1ccc2[nH]c3c(c2c1)CCCC3. The van der Waals surface area contributed by atoms with Gasteiger partial charge in [-0.1, -0.05) is 12.1 Å². The molecule has 25 heavy (non-hydrogen) atoms. The molecule has 0 amide bonds. The van der Waals surface area contributed by atoms with Crippen molar-refractivity contribution in [3.63, 3.8) is 0 Å². The van der Waals surface area contributed by atoms with Gasteiger partial charge < -0.3 is 10.3 Å². The molecule has 0 bridgehead atoms. The number of aryl methyl sites for hydroxylation is 2. The highest BCUT2D eigenvalue weighted by Crippen LogP contribution is 2.29. The first-order chi connectivity index (χ1) is 12.4. The third-order valence-electron chi connectivity index (χ3n) is 5.14. The minimum absolute atomic E-state index is 0.798. The van der Waals surface area contributed by atoms with Gasteiger partial charge >= 0.3 is 0 Å². The van der Waals surface area contributed by atoms with Crippen LogP contribution in [0.1, 0.15) is 35.2 Å². The fourth-order valence-electron chi connectivity index (χ4n) is 3.85. The fraction of sp³-hybridized carbons (Fsp3) is 0.300. The first-order valence-electron chi connectivity index (χ1n) is 8.91. The van der Waals surface area contributed by atoms with Crippen molar-refractivity contribution >= 4 is 21.9 Å². The Kier molecular flexibility index (Phi) is 3.52. The van der Waals surface area contributed by atoms with E-state index in [1.54, 1.807) is 0 Å². The Balaban J connectivity index is 1.31.